The average Bonchev–Trinajstić information content (AvgIpc) is 3.50. The second-order valence-corrected chi connectivity index (χ2v) is 8.67. The summed E-state index contributed by atoms with van der Waals surface area (Å²) in [5.41, 5.74) is 5.77. The van der Waals surface area contributed by atoms with Gasteiger partial charge in [-0.25, -0.2) is 4.57 Å². The summed E-state index contributed by atoms with van der Waals surface area (Å²) in [6.45, 7) is 7.05. The minimum absolute atomic E-state index is 0.129. The van der Waals surface area contributed by atoms with Gasteiger partial charge in [0, 0.05) is 38.0 Å². The highest BCUT2D eigenvalue weighted by Gasteiger charge is 2.28. The van der Waals surface area contributed by atoms with Gasteiger partial charge in [-0.3, -0.25) is 0 Å². The first kappa shape index (κ1) is 21.8. The van der Waals surface area contributed by atoms with E-state index in [4.69, 9.17) is 18.9 Å². The number of anilines is 1. The molecule has 2 aliphatic rings. The normalized spacial score (nSPS) is 17.5. The SMILES string of the molecule is COc1ccccc1C(C[n+]1ccn2c(C)c(N3C=COC3)c(C)cc21)OC1CCOCC1. The molecule has 2 aliphatic heterocycles. The molecule has 4 heterocycles. The fraction of sp³-hybridized carbons (Fsp3) is 0.423. The molecule has 0 aliphatic carbocycles. The number of benzene rings is 1. The molecule has 33 heavy (non-hydrogen) atoms. The number of aromatic nitrogens is 2. The summed E-state index contributed by atoms with van der Waals surface area (Å²) in [5, 5.41) is 0. The number of hydrogen-bond acceptors (Lipinski definition) is 5. The molecule has 0 N–H and O–H groups in total. The number of fused-ring (bicyclic) bond motifs is 1. The molecule has 7 heteroatoms. The molecular weight excluding hydrogens is 418 g/mol. The molecule has 7 nitrogen and oxygen atoms in total. The highest BCUT2D eigenvalue weighted by Crippen LogP contribution is 2.32. The van der Waals surface area contributed by atoms with Crippen molar-refractivity contribution >= 4 is 11.3 Å². The molecule has 0 spiro atoms. The predicted octanol–water partition coefficient (Wildman–Crippen LogP) is 4.05. The maximum atomic E-state index is 6.68. The van der Waals surface area contributed by atoms with Crippen molar-refractivity contribution in [1.29, 1.82) is 0 Å². The van der Waals surface area contributed by atoms with Crippen molar-refractivity contribution in [3.8, 4) is 5.75 Å². The van der Waals surface area contributed by atoms with Gasteiger partial charge in [0.1, 0.15) is 42.7 Å². The lowest BCUT2D eigenvalue weighted by molar-refractivity contribution is -0.680. The van der Waals surface area contributed by atoms with Crippen LogP contribution in [0.25, 0.3) is 5.65 Å². The molecule has 1 atom stereocenters. The van der Waals surface area contributed by atoms with Gasteiger partial charge in [0.2, 0.25) is 0 Å². The quantitative estimate of drug-likeness (QED) is 0.508. The van der Waals surface area contributed by atoms with E-state index in [2.05, 4.69) is 52.2 Å². The largest absolute Gasteiger partial charge is 0.496 e. The van der Waals surface area contributed by atoms with Crippen LogP contribution in [-0.4, -0.2) is 37.6 Å². The Labute approximate surface area is 194 Å². The summed E-state index contributed by atoms with van der Waals surface area (Å²) in [7, 11) is 1.72. The number of ether oxygens (including phenoxy) is 4. The lowest BCUT2D eigenvalue weighted by Crippen LogP contribution is -2.38. The number of para-hydroxylation sites is 1. The van der Waals surface area contributed by atoms with Crippen molar-refractivity contribution in [3.63, 3.8) is 0 Å². The number of methoxy groups -OCH3 is 1. The average molecular weight is 451 g/mol. The topological polar surface area (TPSA) is 48.5 Å². The van der Waals surface area contributed by atoms with Gasteiger partial charge in [0.05, 0.1) is 18.9 Å². The molecule has 1 fully saturated rings. The number of aryl methyl sites for hydroxylation is 2. The number of hydrogen-bond donors (Lipinski definition) is 0. The standard InChI is InChI=1S/C26H32N3O4/c1-19-16-25-27(10-11-29(25)20(2)26(19)28-12-15-32-18-28)17-24(33-21-8-13-31-14-9-21)22-6-4-5-7-23(22)30-3/h4-7,10-12,15-16,21,24H,8-9,13-14,17-18H2,1-3H3/q+1. The monoisotopic (exact) mass is 450 g/mol. The van der Waals surface area contributed by atoms with Crippen molar-refractivity contribution in [1.82, 2.24) is 4.40 Å². The Hall–Kier alpha value is -3.03. The summed E-state index contributed by atoms with van der Waals surface area (Å²) in [4.78, 5) is 2.14. The molecule has 1 aromatic carbocycles. The first-order valence-electron chi connectivity index (χ1n) is 11.6. The van der Waals surface area contributed by atoms with Crippen LogP contribution in [0.3, 0.4) is 0 Å². The molecule has 2 aromatic heterocycles. The molecule has 0 saturated carbocycles. The van der Waals surface area contributed by atoms with E-state index >= 15 is 0 Å². The minimum Gasteiger partial charge on any atom is -0.496 e. The molecule has 3 aromatic rings. The van der Waals surface area contributed by atoms with Crippen LogP contribution in [0, 0.1) is 13.8 Å². The van der Waals surface area contributed by atoms with E-state index in [-0.39, 0.29) is 12.2 Å². The van der Waals surface area contributed by atoms with Crippen molar-refractivity contribution in [2.75, 3.05) is 32.0 Å². The van der Waals surface area contributed by atoms with Crippen LogP contribution in [0.1, 0.15) is 35.8 Å². The molecule has 0 radical (unpaired) electrons. The Balaban J connectivity index is 1.50. The van der Waals surface area contributed by atoms with Crippen LogP contribution >= 0.6 is 0 Å². The lowest BCUT2D eigenvalue weighted by atomic mass is 10.1. The van der Waals surface area contributed by atoms with Crippen molar-refractivity contribution < 1.29 is 23.5 Å². The van der Waals surface area contributed by atoms with Crippen LogP contribution < -0.4 is 14.2 Å². The first-order chi connectivity index (χ1) is 16.2. The summed E-state index contributed by atoms with van der Waals surface area (Å²) in [6, 6.07) is 10.4. The van der Waals surface area contributed by atoms with Gasteiger partial charge >= 0.3 is 0 Å². The summed E-state index contributed by atoms with van der Waals surface area (Å²) in [6.07, 6.45) is 9.87. The minimum atomic E-state index is -0.129. The Morgan fingerprint density at radius 2 is 2.00 bits per heavy atom. The smallest absolute Gasteiger partial charge is 0.286 e. The molecule has 1 saturated heterocycles. The van der Waals surface area contributed by atoms with Crippen molar-refractivity contribution in [2.24, 2.45) is 0 Å². The fourth-order valence-electron chi connectivity index (χ4n) is 4.92. The zero-order chi connectivity index (χ0) is 22.8. The number of pyridine rings is 1. The van der Waals surface area contributed by atoms with Crippen LogP contribution in [-0.2, 0) is 20.8 Å². The van der Waals surface area contributed by atoms with E-state index in [1.54, 1.807) is 13.4 Å². The van der Waals surface area contributed by atoms with Crippen LogP contribution in [0.2, 0.25) is 0 Å². The van der Waals surface area contributed by atoms with Crippen LogP contribution in [0.5, 0.6) is 5.75 Å². The first-order valence-corrected chi connectivity index (χ1v) is 11.6. The summed E-state index contributed by atoms with van der Waals surface area (Å²) in [5.74, 6) is 0.856. The number of nitrogens with zero attached hydrogens (tertiary/aromatic N) is 3. The maximum Gasteiger partial charge on any atom is 0.286 e. The molecule has 174 valence electrons. The molecule has 0 amide bonds. The van der Waals surface area contributed by atoms with Crippen molar-refractivity contribution in [3.05, 3.63) is 72.0 Å². The fourth-order valence-corrected chi connectivity index (χ4v) is 4.92. The van der Waals surface area contributed by atoms with Gasteiger partial charge in [-0.15, -0.1) is 0 Å². The molecule has 1 unspecified atom stereocenters. The van der Waals surface area contributed by atoms with Gasteiger partial charge in [0.25, 0.3) is 5.65 Å². The highest BCUT2D eigenvalue weighted by molar-refractivity contribution is 5.63. The highest BCUT2D eigenvalue weighted by atomic mass is 16.5. The van der Waals surface area contributed by atoms with Gasteiger partial charge in [-0.1, -0.05) is 18.2 Å². The summed E-state index contributed by atoms with van der Waals surface area (Å²) >= 11 is 0. The second-order valence-electron chi connectivity index (χ2n) is 8.67. The van der Waals surface area contributed by atoms with E-state index in [1.165, 1.54) is 16.9 Å². The number of rotatable bonds is 7. The van der Waals surface area contributed by atoms with E-state index in [9.17, 15) is 0 Å². The van der Waals surface area contributed by atoms with E-state index in [0.717, 1.165) is 43.0 Å². The molecule has 5 rings (SSSR count). The Kier molecular flexibility index (Phi) is 6.24. The molecular formula is C26H32N3O4+. The third-order valence-corrected chi connectivity index (χ3v) is 6.57. The Morgan fingerprint density at radius 3 is 2.76 bits per heavy atom. The third kappa shape index (κ3) is 4.30. The second kappa shape index (κ2) is 9.45. The van der Waals surface area contributed by atoms with Gasteiger partial charge < -0.3 is 23.8 Å². The van der Waals surface area contributed by atoms with Crippen LogP contribution in [0.4, 0.5) is 5.69 Å². The zero-order valence-corrected chi connectivity index (χ0v) is 19.6. The zero-order valence-electron chi connectivity index (χ0n) is 19.6. The predicted molar refractivity (Wildman–Crippen MR) is 125 cm³/mol. The van der Waals surface area contributed by atoms with Gasteiger partial charge in [-0.05, 0) is 31.4 Å². The van der Waals surface area contributed by atoms with Gasteiger partial charge in [0.15, 0.2) is 6.73 Å². The van der Waals surface area contributed by atoms with E-state index in [0.29, 0.717) is 13.3 Å². The van der Waals surface area contributed by atoms with Gasteiger partial charge in [-0.2, -0.15) is 4.40 Å². The van der Waals surface area contributed by atoms with E-state index in [1.807, 2.05) is 24.4 Å². The van der Waals surface area contributed by atoms with E-state index < -0.39 is 0 Å². The van der Waals surface area contributed by atoms with Crippen LogP contribution in [0.15, 0.2) is 55.2 Å². The Morgan fingerprint density at radius 1 is 1.18 bits per heavy atom. The third-order valence-electron chi connectivity index (χ3n) is 6.57. The summed E-state index contributed by atoms with van der Waals surface area (Å²) < 4.78 is 27.9. The maximum absolute atomic E-state index is 6.68. The molecule has 0 bridgehead atoms. The van der Waals surface area contributed by atoms with Crippen molar-refractivity contribution in [2.45, 2.75) is 45.4 Å². The lowest BCUT2D eigenvalue weighted by Gasteiger charge is -2.28. The Bertz CT molecular complexity index is 1150. The number of imidazole rings is 1.